The summed E-state index contributed by atoms with van der Waals surface area (Å²) in [6.07, 6.45) is 6.63. The summed E-state index contributed by atoms with van der Waals surface area (Å²) >= 11 is 3.53. The van der Waals surface area contributed by atoms with Gasteiger partial charge in [-0.1, -0.05) is 35.2 Å². The maximum atomic E-state index is 6.58. The summed E-state index contributed by atoms with van der Waals surface area (Å²) in [6, 6.07) is 6.08. The van der Waals surface area contributed by atoms with E-state index in [4.69, 9.17) is 15.2 Å². The van der Waals surface area contributed by atoms with Crippen LogP contribution in [0.25, 0.3) is 0 Å². The highest BCUT2D eigenvalue weighted by Gasteiger charge is 2.38. The van der Waals surface area contributed by atoms with Crippen LogP contribution in [0.4, 0.5) is 0 Å². The number of benzene rings is 1. The molecule has 1 unspecified atom stereocenters. The molecule has 3 nitrogen and oxygen atoms in total. The molecule has 118 valence electrons. The van der Waals surface area contributed by atoms with Crippen molar-refractivity contribution in [3.05, 3.63) is 28.2 Å². The molecule has 1 atom stereocenters. The summed E-state index contributed by atoms with van der Waals surface area (Å²) in [5.74, 6) is 0.899. The van der Waals surface area contributed by atoms with E-state index < -0.39 is 0 Å². The van der Waals surface area contributed by atoms with Crippen LogP contribution in [0.5, 0.6) is 5.75 Å². The van der Waals surface area contributed by atoms with E-state index in [2.05, 4.69) is 28.9 Å². The van der Waals surface area contributed by atoms with Crippen LogP contribution in [-0.4, -0.2) is 25.4 Å². The van der Waals surface area contributed by atoms with Crippen LogP contribution in [0.1, 0.15) is 44.6 Å². The average Bonchev–Trinajstić information content (AvgIpc) is 2.49. The normalized spacial score (nSPS) is 19.2. The van der Waals surface area contributed by atoms with Crippen LogP contribution in [0.3, 0.4) is 0 Å². The van der Waals surface area contributed by atoms with Gasteiger partial charge in [0.25, 0.3) is 0 Å². The van der Waals surface area contributed by atoms with Crippen LogP contribution in [0.15, 0.2) is 22.7 Å². The molecule has 21 heavy (non-hydrogen) atoms. The van der Waals surface area contributed by atoms with E-state index in [1.54, 1.807) is 7.11 Å². The average molecular weight is 356 g/mol. The zero-order chi connectivity index (χ0) is 15.3. The lowest BCUT2D eigenvalue weighted by Gasteiger charge is -2.42. The minimum absolute atomic E-state index is 0.000880. The van der Waals surface area contributed by atoms with Crippen LogP contribution in [-0.2, 0) is 11.2 Å². The summed E-state index contributed by atoms with van der Waals surface area (Å²) in [4.78, 5) is 0. The second-order valence-corrected chi connectivity index (χ2v) is 6.74. The van der Waals surface area contributed by atoms with Crippen molar-refractivity contribution in [3.8, 4) is 5.75 Å². The van der Waals surface area contributed by atoms with Crippen molar-refractivity contribution >= 4 is 15.9 Å². The fourth-order valence-corrected chi connectivity index (χ4v) is 3.80. The lowest BCUT2D eigenvalue weighted by Crippen LogP contribution is -2.52. The van der Waals surface area contributed by atoms with Gasteiger partial charge in [-0.15, -0.1) is 0 Å². The van der Waals surface area contributed by atoms with Crippen molar-refractivity contribution in [2.24, 2.45) is 5.73 Å². The Morgan fingerprint density at radius 1 is 1.29 bits per heavy atom. The van der Waals surface area contributed by atoms with E-state index in [1.807, 2.05) is 12.1 Å². The summed E-state index contributed by atoms with van der Waals surface area (Å²) in [5.41, 5.74) is 7.56. The van der Waals surface area contributed by atoms with Gasteiger partial charge in [-0.3, -0.25) is 0 Å². The Morgan fingerprint density at radius 3 is 2.62 bits per heavy atom. The number of rotatable bonds is 6. The number of methoxy groups -OCH3 is 1. The van der Waals surface area contributed by atoms with Crippen LogP contribution < -0.4 is 10.5 Å². The van der Waals surface area contributed by atoms with E-state index in [-0.39, 0.29) is 11.6 Å². The molecule has 0 bridgehead atoms. The highest BCUT2D eigenvalue weighted by Crippen LogP contribution is 2.36. The third-order valence-corrected chi connectivity index (χ3v) is 4.98. The van der Waals surface area contributed by atoms with Gasteiger partial charge >= 0.3 is 0 Å². The van der Waals surface area contributed by atoms with E-state index in [9.17, 15) is 0 Å². The molecule has 0 radical (unpaired) electrons. The summed E-state index contributed by atoms with van der Waals surface area (Å²) in [5, 5.41) is 0. The number of hydrogen-bond donors (Lipinski definition) is 1. The van der Waals surface area contributed by atoms with Crippen molar-refractivity contribution in [2.75, 3.05) is 13.7 Å². The third kappa shape index (κ3) is 3.99. The Balaban J connectivity index is 2.18. The Kier molecular flexibility index (Phi) is 6.08. The minimum atomic E-state index is -0.166. The number of halogens is 1. The fourth-order valence-electron chi connectivity index (χ4n) is 3.39. The molecule has 0 spiro atoms. The first-order chi connectivity index (χ1) is 10.1. The largest absolute Gasteiger partial charge is 0.496 e. The predicted octanol–water partition coefficient (Wildman–Crippen LogP) is 4.07. The second-order valence-electron chi connectivity index (χ2n) is 5.83. The number of nitrogens with two attached hydrogens (primary N) is 1. The fraction of sp³-hybridized carbons (Fsp3) is 0.647. The van der Waals surface area contributed by atoms with Gasteiger partial charge in [0.2, 0.25) is 0 Å². The Bertz CT molecular complexity index is 453. The summed E-state index contributed by atoms with van der Waals surface area (Å²) in [7, 11) is 1.71. The minimum Gasteiger partial charge on any atom is -0.496 e. The highest BCUT2D eigenvalue weighted by atomic mass is 79.9. The molecule has 1 aromatic carbocycles. The molecule has 0 saturated heterocycles. The first-order valence-corrected chi connectivity index (χ1v) is 8.62. The highest BCUT2D eigenvalue weighted by molar-refractivity contribution is 9.10. The van der Waals surface area contributed by atoms with Crippen molar-refractivity contribution in [1.29, 1.82) is 0 Å². The molecule has 2 rings (SSSR count). The van der Waals surface area contributed by atoms with Crippen molar-refractivity contribution in [1.82, 2.24) is 0 Å². The van der Waals surface area contributed by atoms with E-state index in [1.165, 1.54) is 19.3 Å². The maximum Gasteiger partial charge on any atom is 0.122 e. The second kappa shape index (κ2) is 7.61. The van der Waals surface area contributed by atoms with E-state index in [0.717, 1.165) is 41.7 Å². The predicted molar refractivity (Wildman–Crippen MR) is 89.8 cm³/mol. The van der Waals surface area contributed by atoms with Gasteiger partial charge in [0.05, 0.1) is 12.7 Å². The SMILES string of the molecule is CCOC1(C(N)Cc2cc(Br)ccc2OC)CCCCC1. The summed E-state index contributed by atoms with van der Waals surface area (Å²) in [6.45, 7) is 2.78. The van der Waals surface area contributed by atoms with Crippen molar-refractivity contribution < 1.29 is 9.47 Å². The quantitative estimate of drug-likeness (QED) is 0.836. The Morgan fingerprint density at radius 2 is 2.00 bits per heavy atom. The van der Waals surface area contributed by atoms with Gasteiger partial charge < -0.3 is 15.2 Å². The molecule has 1 fully saturated rings. The van der Waals surface area contributed by atoms with Crippen LogP contribution >= 0.6 is 15.9 Å². The lowest BCUT2D eigenvalue weighted by atomic mass is 9.77. The third-order valence-electron chi connectivity index (χ3n) is 4.49. The molecule has 1 saturated carbocycles. The lowest BCUT2D eigenvalue weighted by molar-refractivity contribution is -0.0818. The van der Waals surface area contributed by atoms with Crippen molar-refractivity contribution in [3.63, 3.8) is 0 Å². The summed E-state index contributed by atoms with van der Waals surface area (Å²) < 4.78 is 12.7. The van der Waals surface area contributed by atoms with Gasteiger partial charge in [-0.2, -0.15) is 0 Å². The van der Waals surface area contributed by atoms with Gasteiger partial charge in [-0.25, -0.2) is 0 Å². The van der Waals surface area contributed by atoms with Crippen LogP contribution in [0.2, 0.25) is 0 Å². The molecule has 0 heterocycles. The van der Waals surface area contributed by atoms with E-state index in [0.29, 0.717) is 0 Å². The molecule has 4 heteroatoms. The molecular formula is C17H26BrNO2. The molecule has 1 aliphatic carbocycles. The van der Waals surface area contributed by atoms with Gasteiger partial charge in [0.15, 0.2) is 0 Å². The number of hydrogen-bond acceptors (Lipinski definition) is 3. The molecular weight excluding hydrogens is 330 g/mol. The van der Waals surface area contributed by atoms with Gasteiger partial charge in [-0.05, 0) is 49.9 Å². The van der Waals surface area contributed by atoms with Crippen molar-refractivity contribution in [2.45, 2.75) is 57.1 Å². The molecule has 0 aliphatic heterocycles. The number of ether oxygens (including phenoxy) is 2. The smallest absolute Gasteiger partial charge is 0.122 e. The molecule has 1 aromatic rings. The standard InChI is InChI=1S/C17H26BrNO2/c1-3-21-17(9-5-4-6-10-17)16(19)12-13-11-14(18)7-8-15(13)20-2/h7-8,11,16H,3-6,9-10,12,19H2,1-2H3. The molecule has 0 amide bonds. The van der Waals surface area contributed by atoms with Gasteiger partial charge in [0, 0.05) is 17.1 Å². The maximum absolute atomic E-state index is 6.58. The first-order valence-electron chi connectivity index (χ1n) is 7.83. The monoisotopic (exact) mass is 355 g/mol. The molecule has 2 N–H and O–H groups in total. The first kappa shape index (κ1) is 16.8. The van der Waals surface area contributed by atoms with E-state index >= 15 is 0 Å². The van der Waals surface area contributed by atoms with Gasteiger partial charge in [0.1, 0.15) is 5.75 Å². The van der Waals surface area contributed by atoms with Crippen LogP contribution in [0, 0.1) is 0 Å². The zero-order valence-electron chi connectivity index (χ0n) is 13.0. The Labute approximate surface area is 136 Å². The molecule has 0 aromatic heterocycles. The topological polar surface area (TPSA) is 44.5 Å². The Hall–Kier alpha value is -0.580. The zero-order valence-corrected chi connectivity index (χ0v) is 14.6. The molecule has 1 aliphatic rings.